The Bertz CT molecular complexity index is 145. The summed E-state index contributed by atoms with van der Waals surface area (Å²) in [7, 11) is 0. The molecule has 0 saturated heterocycles. The van der Waals surface area contributed by atoms with Crippen LogP contribution in [0.3, 0.4) is 0 Å². The van der Waals surface area contributed by atoms with Gasteiger partial charge in [0.05, 0.1) is 0 Å². The zero-order valence-corrected chi connectivity index (χ0v) is 8.28. The molecule has 11 heavy (non-hydrogen) atoms. The van der Waals surface area contributed by atoms with E-state index in [1.54, 1.807) is 0 Å². The van der Waals surface area contributed by atoms with Crippen LogP contribution in [-0.2, 0) is 0 Å². The van der Waals surface area contributed by atoms with Gasteiger partial charge in [0, 0.05) is 6.04 Å². The van der Waals surface area contributed by atoms with Crippen LogP contribution in [0.5, 0.6) is 0 Å². The molecule has 1 fully saturated rings. The molecule has 1 nitrogen and oxygen atoms in total. The molecule has 66 valence electrons. The second-order valence-corrected chi connectivity index (χ2v) is 5.31. The molecule has 1 saturated carbocycles. The average molecular weight is 155 g/mol. The molecule has 2 unspecified atom stereocenters. The van der Waals surface area contributed by atoms with Gasteiger partial charge in [-0.05, 0) is 30.1 Å². The average Bonchev–Trinajstić information content (AvgIpc) is 2.10. The first-order valence-corrected chi connectivity index (χ1v) is 4.61. The predicted molar refractivity (Wildman–Crippen MR) is 49.4 cm³/mol. The molecule has 0 aromatic rings. The quantitative estimate of drug-likeness (QED) is 0.571. The van der Waals surface area contributed by atoms with E-state index in [1.807, 2.05) is 0 Å². The molecule has 0 heterocycles. The van der Waals surface area contributed by atoms with Gasteiger partial charge < -0.3 is 5.73 Å². The van der Waals surface area contributed by atoms with Crippen molar-refractivity contribution in [3.8, 4) is 0 Å². The summed E-state index contributed by atoms with van der Waals surface area (Å²) in [6.07, 6.45) is 3.72. The fourth-order valence-corrected chi connectivity index (χ4v) is 1.97. The van der Waals surface area contributed by atoms with Crippen molar-refractivity contribution in [2.45, 2.75) is 53.0 Å². The molecule has 0 radical (unpaired) electrons. The fourth-order valence-electron chi connectivity index (χ4n) is 1.97. The molecule has 1 aliphatic carbocycles. The van der Waals surface area contributed by atoms with Crippen LogP contribution >= 0.6 is 0 Å². The molecule has 1 aliphatic rings. The zero-order valence-electron chi connectivity index (χ0n) is 8.28. The van der Waals surface area contributed by atoms with E-state index in [1.165, 1.54) is 19.3 Å². The lowest BCUT2D eigenvalue weighted by atomic mass is 9.67. The first-order chi connectivity index (χ1) is 4.85. The monoisotopic (exact) mass is 155 g/mol. The Kier molecular flexibility index (Phi) is 2.04. The van der Waals surface area contributed by atoms with Crippen molar-refractivity contribution in [2.24, 2.45) is 16.6 Å². The molecule has 0 amide bonds. The van der Waals surface area contributed by atoms with Crippen LogP contribution in [0, 0.1) is 10.8 Å². The topological polar surface area (TPSA) is 26.0 Å². The summed E-state index contributed by atoms with van der Waals surface area (Å²) in [6, 6.07) is 0.458. The standard InChI is InChI=1S/C10H21N/c1-9(2,3)10(4)6-5-8(11)7-10/h8H,5-7,11H2,1-4H3. The summed E-state index contributed by atoms with van der Waals surface area (Å²) < 4.78 is 0. The summed E-state index contributed by atoms with van der Waals surface area (Å²) >= 11 is 0. The number of hydrogen-bond donors (Lipinski definition) is 1. The minimum Gasteiger partial charge on any atom is -0.328 e. The van der Waals surface area contributed by atoms with Gasteiger partial charge in [0.1, 0.15) is 0 Å². The van der Waals surface area contributed by atoms with Gasteiger partial charge in [-0.3, -0.25) is 0 Å². The lowest BCUT2D eigenvalue weighted by Gasteiger charge is -2.38. The smallest absolute Gasteiger partial charge is 0.00444 e. The molecular formula is C10H21N. The number of rotatable bonds is 0. The lowest BCUT2D eigenvalue weighted by molar-refractivity contribution is 0.115. The maximum Gasteiger partial charge on any atom is 0.00444 e. The highest BCUT2D eigenvalue weighted by molar-refractivity contribution is 4.94. The van der Waals surface area contributed by atoms with Crippen LogP contribution in [0.4, 0.5) is 0 Å². The van der Waals surface area contributed by atoms with Crippen molar-refractivity contribution in [3.63, 3.8) is 0 Å². The van der Waals surface area contributed by atoms with Crippen LogP contribution < -0.4 is 5.73 Å². The summed E-state index contributed by atoms with van der Waals surface area (Å²) in [5, 5.41) is 0. The highest BCUT2D eigenvalue weighted by atomic mass is 14.7. The lowest BCUT2D eigenvalue weighted by Crippen LogP contribution is -2.31. The first-order valence-electron chi connectivity index (χ1n) is 4.61. The molecule has 0 aliphatic heterocycles. The van der Waals surface area contributed by atoms with Gasteiger partial charge in [-0.25, -0.2) is 0 Å². The third kappa shape index (κ3) is 1.58. The zero-order chi connectivity index (χ0) is 8.70. The Balaban J connectivity index is 2.69. The highest BCUT2D eigenvalue weighted by Crippen LogP contribution is 2.49. The minimum atomic E-state index is 0.418. The molecule has 0 spiro atoms. The second kappa shape index (κ2) is 2.48. The second-order valence-electron chi connectivity index (χ2n) is 5.31. The SMILES string of the molecule is CC(C)(C)C1(C)CCC(N)C1. The first kappa shape index (κ1) is 9.05. The molecular weight excluding hydrogens is 134 g/mol. The van der Waals surface area contributed by atoms with Crippen molar-refractivity contribution in [1.82, 2.24) is 0 Å². The largest absolute Gasteiger partial charge is 0.328 e. The van der Waals surface area contributed by atoms with E-state index < -0.39 is 0 Å². The van der Waals surface area contributed by atoms with Crippen molar-refractivity contribution in [3.05, 3.63) is 0 Å². The van der Waals surface area contributed by atoms with Gasteiger partial charge in [-0.1, -0.05) is 27.7 Å². The van der Waals surface area contributed by atoms with E-state index in [0.717, 1.165) is 0 Å². The van der Waals surface area contributed by atoms with Crippen LogP contribution in [0.15, 0.2) is 0 Å². The summed E-state index contributed by atoms with van der Waals surface area (Å²) in [5.74, 6) is 0. The van der Waals surface area contributed by atoms with Crippen LogP contribution in [0.1, 0.15) is 47.0 Å². The Morgan fingerprint density at radius 3 is 2.09 bits per heavy atom. The summed E-state index contributed by atoms with van der Waals surface area (Å²) in [6.45, 7) is 9.35. The highest BCUT2D eigenvalue weighted by Gasteiger charge is 2.42. The van der Waals surface area contributed by atoms with Crippen molar-refractivity contribution in [1.29, 1.82) is 0 Å². The van der Waals surface area contributed by atoms with Gasteiger partial charge in [0.25, 0.3) is 0 Å². The van der Waals surface area contributed by atoms with Crippen molar-refractivity contribution < 1.29 is 0 Å². The van der Waals surface area contributed by atoms with E-state index >= 15 is 0 Å². The van der Waals surface area contributed by atoms with Crippen molar-refractivity contribution in [2.75, 3.05) is 0 Å². The number of hydrogen-bond acceptors (Lipinski definition) is 1. The maximum absolute atomic E-state index is 5.91. The van der Waals surface area contributed by atoms with E-state index in [4.69, 9.17) is 5.73 Å². The molecule has 0 aromatic carbocycles. The van der Waals surface area contributed by atoms with Gasteiger partial charge in [-0.2, -0.15) is 0 Å². The Labute approximate surface area is 70.4 Å². The number of nitrogens with two attached hydrogens (primary N) is 1. The molecule has 0 bridgehead atoms. The molecule has 0 aromatic heterocycles. The Morgan fingerprint density at radius 1 is 1.36 bits per heavy atom. The molecule has 2 N–H and O–H groups in total. The summed E-state index contributed by atoms with van der Waals surface area (Å²) in [4.78, 5) is 0. The normalized spacial score (nSPS) is 39.5. The third-order valence-corrected chi connectivity index (χ3v) is 3.59. The summed E-state index contributed by atoms with van der Waals surface area (Å²) in [5.41, 5.74) is 6.80. The van der Waals surface area contributed by atoms with Crippen LogP contribution in [0.2, 0.25) is 0 Å². The fraction of sp³-hybridized carbons (Fsp3) is 1.00. The van der Waals surface area contributed by atoms with Gasteiger partial charge in [-0.15, -0.1) is 0 Å². The van der Waals surface area contributed by atoms with Gasteiger partial charge >= 0.3 is 0 Å². The molecule has 2 atom stereocenters. The van der Waals surface area contributed by atoms with Crippen molar-refractivity contribution >= 4 is 0 Å². The van der Waals surface area contributed by atoms with E-state index in [2.05, 4.69) is 27.7 Å². The van der Waals surface area contributed by atoms with Gasteiger partial charge in [0.2, 0.25) is 0 Å². The van der Waals surface area contributed by atoms with Crippen LogP contribution in [0.25, 0.3) is 0 Å². The maximum atomic E-state index is 5.91. The molecule has 1 heteroatoms. The van der Waals surface area contributed by atoms with Crippen LogP contribution in [-0.4, -0.2) is 6.04 Å². The third-order valence-electron chi connectivity index (χ3n) is 3.59. The Hall–Kier alpha value is -0.0400. The van der Waals surface area contributed by atoms with E-state index in [-0.39, 0.29) is 0 Å². The predicted octanol–water partition coefficient (Wildman–Crippen LogP) is 2.55. The minimum absolute atomic E-state index is 0.418. The van der Waals surface area contributed by atoms with E-state index in [0.29, 0.717) is 16.9 Å². The Morgan fingerprint density at radius 2 is 1.91 bits per heavy atom. The van der Waals surface area contributed by atoms with E-state index in [9.17, 15) is 0 Å². The van der Waals surface area contributed by atoms with Gasteiger partial charge in [0.15, 0.2) is 0 Å². The molecule has 1 rings (SSSR count).